The lowest BCUT2D eigenvalue weighted by Gasteiger charge is -2.37. The van der Waals surface area contributed by atoms with E-state index in [4.69, 9.17) is 11.6 Å². The molecule has 10 heteroatoms. The largest absolute Gasteiger partial charge is 0.393 e. The Labute approximate surface area is 223 Å². The first-order valence-corrected chi connectivity index (χ1v) is 13.9. The number of likely N-dealkylation sites (tertiary alicyclic amines) is 1. The number of anilines is 3. The number of pyridine rings is 1. The minimum Gasteiger partial charge on any atom is -0.393 e. The van der Waals surface area contributed by atoms with Gasteiger partial charge >= 0.3 is 0 Å². The van der Waals surface area contributed by atoms with E-state index in [1.165, 1.54) is 0 Å². The number of alkyl halides is 2. The van der Waals surface area contributed by atoms with E-state index in [0.29, 0.717) is 42.1 Å². The Balaban J connectivity index is 1.26. The lowest BCUT2D eigenvalue weighted by atomic mass is 9.85. The Bertz CT molecular complexity index is 1110. The van der Waals surface area contributed by atoms with Crippen LogP contribution in [-0.2, 0) is 0 Å². The normalized spacial score (nSPS) is 25.0. The molecule has 0 radical (unpaired) electrons. The summed E-state index contributed by atoms with van der Waals surface area (Å²) in [5.41, 5.74) is 1.81. The van der Waals surface area contributed by atoms with Gasteiger partial charge in [-0.25, -0.2) is 13.8 Å². The predicted molar refractivity (Wildman–Crippen MR) is 143 cm³/mol. The van der Waals surface area contributed by atoms with E-state index in [0.717, 1.165) is 69.5 Å². The quantitative estimate of drug-likeness (QED) is 0.389. The first-order chi connectivity index (χ1) is 18.4. The molecule has 2 saturated carbocycles. The van der Waals surface area contributed by atoms with Crippen molar-refractivity contribution in [3.63, 3.8) is 0 Å². The number of aromatic nitrogens is 3. The molecular formula is C28H37F2N7O. The lowest BCUT2D eigenvalue weighted by Crippen LogP contribution is -2.39. The van der Waals surface area contributed by atoms with Crippen molar-refractivity contribution >= 4 is 23.3 Å². The van der Waals surface area contributed by atoms with Crippen LogP contribution in [0.4, 0.5) is 32.1 Å². The molecule has 38 heavy (non-hydrogen) atoms. The fourth-order valence-electron chi connectivity index (χ4n) is 6.04. The van der Waals surface area contributed by atoms with Crippen LogP contribution in [-0.4, -0.2) is 62.7 Å². The van der Waals surface area contributed by atoms with Gasteiger partial charge in [-0.2, -0.15) is 4.98 Å². The van der Waals surface area contributed by atoms with Gasteiger partial charge in [0.05, 0.1) is 6.10 Å². The number of rotatable bonds is 7. The van der Waals surface area contributed by atoms with Gasteiger partial charge in [0, 0.05) is 48.9 Å². The zero-order valence-corrected chi connectivity index (χ0v) is 21.8. The average Bonchev–Trinajstić information content (AvgIpc) is 2.92. The zero-order chi connectivity index (χ0) is 26.5. The summed E-state index contributed by atoms with van der Waals surface area (Å²) in [6.45, 7) is 10.0. The van der Waals surface area contributed by atoms with Crippen molar-refractivity contribution in [2.75, 3.05) is 30.3 Å². The third kappa shape index (κ3) is 6.94. The molecule has 1 saturated heterocycles. The Hall–Kier alpha value is -2.90. The van der Waals surface area contributed by atoms with Crippen LogP contribution in [0.5, 0.6) is 0 Å². The highest BCUT2D eigenvalue weighted by atomic mass is 19.3. The van der Waals surface area contributed by atoms with Crippen LogP contribution in [0.25, 0.3) is 4.85 Å². The van der Waals surface area contributed by atoms with Gasteiger partial charge in [-0.1, -0.05) is 6.57 Å². The van der Waals surface area contributed by atoms with E-state index in [1.54, 1.807) is 18.3 Å². The number of aliphatic hydroxyl groups is 1. The summed E-state index contributed by atoms with van der Waals surface area (Å²) in [5, 5.41) is 16.8. The fraction of sp³-hybridized carbons (Fsp3) is 0.643. The summed E-state index contributed by atoms with van der Waals surface area (Å²) in [5.74, 6) is -0.185. The first-order valence-electron chi connectivity index (χ1n) is 13.9. The highest BCUT2D eigenvalue weighted by Gasteiger charge is 2.36. The second-order valence-electron chi connectivity index (χ2n) is 11.2. The maximum Gasteiger partial charge on any atom is 0.271 e. The summed E-state index contributed by atoms with van der Waals surface area (Å²) in [4.78, 5) is 19.3. The van der Waals surface area contributed by atoms with Gasteiger partial charge in [0.15, 0.2) is 0 Å². The van der Waals surface area contributed by atoms with Crippen molar-refractivity contribution in [3.8, 4) is 0 Å². The van der Waals surface area contributed by atoms with Crippen molar-refractivity contribution < 1.29 is 13.9 Å². The summed E-state index contributed by atoms with van der Waals surface area (Å²) < 4.78 is 27.1. The maximum absolute atomic E-state index is 13.5. The Morgan fingerprint density at radius 2 is 1.79 bits per heavy atom. The van der Waals surface area contributed by atoms with Crippen molar-refractivity contribution in [1.29, 1.82) is 0 Å². The first kappa shape index (κ1) is 26.7. The van der Waals surface area contributed by atoms with Gasteiger partial charge in [-0.15, -0.1) is 4.98 Å². The third-order valence-electron chi connectivity index (χ3n) is 8.35. The number of hydrogen-bond acceptors (Lipinski definition) is 7. The van der Waals surface area contributed by atoms with E-state index >= 15 is 0 Å². The van der Waals surface area contributed by atoms with Gasteiger partial charge < -0.3 is 25.5 Å². The SMILES string of the molecule is [C-]#[N+]c1cc(Nc2ncc(C3CCN(CC4CCC(F)(F)CC4)CC3)c(NC3CCC(O)CC3)n2)ccn1. The van der Waals surface area contributed by atoms with Crippen molar-refractivity contribution in [2.45, 2.75) is 88.2 Å². The van der Waals surface area contributed by atoms with Crippen LogP contribution in [0.1, 0.15) is 75.7 Å². The average molecular weight is 526 g/mol. The number of piperidine rings is 1. The van der Waals surface area contributed by atoms with Crippen LogP contribution >= 0.6 is 0 Å². The molecule has 0 unspecified atom stereocenters. The molecule has 5 rings (SSSR count). The molecule has 3 fully saturated rings. The van der Waals surface area contributed by atoms with Gasteiger partial charge in [-0.3, -0.25) is 0 Å². The second-order valence-corrected chi connectivity index (χ2v) is 11.2. The van der Waals surface area contributed by atoms with E-state index in [2.05, 4.69) is 30.3 Å². The molecule has 0 spiro atoms. The van der Waals surface area contributed by atoms with E-state index < -0.39 is 5.92 Å². The van der Waals surface area contributed by atoms with E-state index in [1.807, 2.05) is 6.20 Å². The summed E-state index contributed by atoms with van der Waals surface area (Å²) in [7, 11) is 0. The molecule has 2 aromatic rings. The monoisotopic (exact) mass is 525 g/mol. The van der Waals surface area contributed by atoms with Crippen LogP contribution < -0.4 is 10.6 Å². The van der Waals surface area contributed by atoms with Gasteiger partial charge in [0.25, 0.3) is 5.82 Å². The molecule has 204 valence electrons. The maximum atomic E-state index is 13.5. The van der Waals surface area contributed by atoms with Crippen molar-refractivity contribution in [1.82, 2.24) is 19.9 Å². The molecular weight excluding hydrogens is 488 g/mol. The van der Waals surface area contributed by atoms with E-state index in [9.17, 15) is 13.9 Å². The van der Waals surface area contributed by atoms with Crippen LogP contribution in [0.15, 0.2) is 24.5 Å². The topological polar surface area (TPSA) is 90.6 Å². The predicted octanol–water partition coefficient (Wildman–Crippen LogP) is 5.89. The standard InChI is InChI=1S/C28H37F2N7O/c1-31-25-16-22(8-13-32-25)35-27-33-17-24(26(36-27)34-21-2-4-23(38)5-3-21)20-9-14-37(15-10-20)18-19-6-11-28(29,30)12-7-19/h8,13,16-17,19-21,23,38H,2-7,9-12,14-15,18H2,(H2,32,33,34,35,36). The minimum absolute atomic E-state index is 0.0256. The molecule has 2 aliphatic carbocycles. The summed E-state index contributed by atoms with van der Waals surface area (Å²) >= 11 is 0. The fourth-order valence-corrected chi connectivity index (χ4v) is 6.04. The number of nitrogens with zero attached hydrogens (tertiary/aromatic N) is 5. The minimum atomic E-state index is -2.47. The molecule has 3 heterocycles. The summed E-state index contributed by atoms with van der Waals surface area (Å²) in [6.07, 6.45) is 9.88. The molecule has 0 bridgehead atoms. The molecule has 0 atom stereocenters. The number of hydrogen-bond donors (Lipinski definition) is 3. The number of nitrogens with one attached hydrogen (secondary N) is 2. The zero-order valence-electron chi connectivity index (χ0n) is 21.8. The Morgan fingerprint density at radius 1 is 1.05 bits per heavy atom. The third-order valence-corrected chi connectivity index (χ3v) is 8.35. The van der Waals surface area contributed by atoms with E-state index in [-0.39, 0.29) is 25.0 Å². The Kier molecular flexibility index (Phi) is 8.34. The highest BCUT2D eigenvalue weighted by molar-refractivity contribution is 5.60. The molecule has 3 N–H and O–H groups in total. The number of halogens is 2. The summed E-state index contributed by atoms with van der Waals surface area (Å²) in [6, 6.07) is 3.70. The smallest absolute Gasteiger partial charge is 0.271 e. The van der Waals surface area contributed by atoms with Gasteiger partial charge in [-0.05, 0) is 82.4 Å². The van der Waals surface area contributed by atoms with Crippen molar-refractivity contribution in [3.05, 3.63) is 41.5 Å². The molecule has 0 aromatic carbocycles. The Morgan fingerprint density at radius 3 is 2.50 bits per heavy atom. The number of aliphatic hydroxyl groups excluding tert-OH is 1. The molecule has 0 amide bonds. The van der Waals surface area contributed by atoms with Gasteiger partial charge in [0.2, 0.25) is 11.9 Å². The molecule has 2 aromatic heterocycles. The second kappa shape index (κ2) is 11.9. The van der Waals surface area contributed by atoms with Gasteiger partial charge in [0.1, 0.15) is 12.0 Å². The van der Waals surface area contributed by atoms with Crippen LogP contribution in [0.3, 0.4) is 0 Å². The molecule has 1 aliphatic heterocycles. The van der Waals surface area contributed by atoms with Crippen molar-refractivity contribution in [2.24, 2.45) is 5.92 Å². The highest BCUT2D eigenvalue weighted by Crippen LogP contribution is 2.38. The molecule has 3 aliphatic rings. The van der Waals surface area contributed by atoms with Crippen LogP contribution in [0.2, 0.25) is 0 Å². The lowest BCUT2D eigenvalue weighted by molar-refractivity contribution is -0.0494. The van der Waals surface area contributed by atoms with Crippen LogP contribution in [0, 0.1) is 12.5 Å². The molecule has 8 nitrogen and oxygen atoms in total.